The highest BCUT2D eigenvalue weighted by atomic mass is 32.2. The second-order valence-corrected chi connectivity index (χ2v) is 13.8. The maximum Gasteiger partial charge on any atom is 0.282 e. The van der Waals surface area contributed by atoms with E-state index in [4.69, 9.17) is 0 Å². The van der Waals surface area contributed by atoms with Crippen LogP contribution < -0.4 is 10.6 Å². The smallest absolute Gasteiger partial charge is 0.282 e. The molecule has 9 nitrogen and oxygen atoms in total. The lowest BCUT2D eigenvalue weighted by molar-refractivity contribution is -0.126. The normalized spacial score (nSPS) is 19.0. The Bertz CT molecular complexity index is 1680. The Morgan fingerprint density at radius 2 is 1.64 bits per heavy atom. The minimum atomic E-state index is -3.70. The molecule has 2 aliphatic rings. The van der Waals surface area contributed by atoms with Crippen molar-refractivity contribution in [1.29, 1.82) is 0 Å². The van der Waals surface area contributed by atoms with Crippen molar-refractivity contribution >= 4 is 21.9 Å². The van der Waals surface area contributed by atoms with Gasteiger partial charge in [-0.25, -0.2) is 17.6 Å². The number of hydrogen-bond acceptors (Lipinski definition) is 6. The second-order valence-electron chi connectivity index (χ2n) is 11.9. The number of pyridine rings is 1. The van der Waals surface area contributed by atoms with Gasteiger partial charge in [0.15, 0.2) is 5.78 Å². The molecule has 2 fully saturated rings. The summed E-state index contributed by atoms with van der Waals surface area (Å²) in [5.74, 6) is -5.40. The van der Waals surface area contributed by atoms with Gasteiger partial charge in [0.1, 0.15) is 23.3 Å². The van der Waals surface area contributed by atoms with Crippen LogP contribution in [0.1, 0.15) is 54.4 Å². The zero-order chi connectivity index (χ0) is 33.7. The molecular weight excluding hydrogens is 638 g/mol. The lowest BCUT2D eigenvalue weighted by Crippen LogP contribution is -2.57. The predicted molar refractivity (Wildman–Crippen MR) is 167 cm³/mol. The standard InChI is InChI=1S/C33H37F4N5O4S/c1-21(43)40-33(32(22-4-6-25(34)7-5-22)23-14-26(35)17-27(36)15-23)31(44)16-24-18-39-20-30(37)29(24)9-8-28-19-38-10-13-42(28)47(45,46)41-11-2-3-12-41/h4-7,14-15,17-18,20,28,32-33,38H,2-3,8-13,16,19H2,1H3,(H,40,43)/t28-,32-,33+/m0/s1. The summed E-state index contributed by atoms with van der Waals surface area (Å²) in [4.78, 5) is 30.3. The number of nitrogens with zero attached hydrogens (tertiary/aromatic N) is 3. The van der Waals surface area contributed by atoms with Gasteiger partial charge in [0.25, 0.3) is 10.2 Å². The van der Waals surface area contributed by atoms with E-state index in [9.17, 15) is 31.2 Å². The van der Waals surface area contributed by atoms with Crippen molar-refractivity contribution in [2.45, 2.75) is 57.0 Å². The summed E-state index contributed by atoms with van der Waals surface area (Å²) in [5.41, 5.74) is 0.744. The third-order valence-electron chi connectivity index (χ3n) is 8.68. The van der Waals surface area contributed by atoms with Gasteiger partial charge in [-0.1, -0.05) is 12.1 Å². The number of rotatable bonds is 12. The summed E-state index contributed by atoms with van der Waals surface area (Å²) in [6, 6.07) is 5.90. The number of Topliss-reactive ketones (excluding diaryl/α,β-unsaturated/α-hetero) is 1. The number of carbonyl (C=O) groups excluding carboxylic acids is 2. The molecule has 47 heavy (non-hydrogen) atoms. The van der Waals surface area contributed by atoms with Crippen LogP contribution in [-0.2, 0) is 32.6 Å². The van der Waals surface area contributed by atoms with Gasteiger partial charge in [0, 0.05) is 70.3 Å². The SMILES string of the molecule is CC(=O)N[C@H](C(=O)Cc1cncc(F)c1CC[C@H]1CNCCN1S(=O)(=O)N1CCCC1)[C@@H](c1ccc(F)cc1)c1cc(F)cc(F)c1. The van der Waals surface area contributed by atoms with Gasteiger partial charge in [0.2, 0.25) is 5.91 Å². The van der Waals surface area contributed by atoms with Crippen LogP contribution in [0.5, 0.6) is 0 Å². The first-order valence-corrected chi connectivity index (χ1v) is 16.9. The van der Waals surface area contributed by atoms with Crippen LogP contribution in [0, 0.1) is 23.3 Å². The highest BCUT2D eigenvalue weighted by Gasteiger charge is 2.38. The Kier molecular flexibility index (Phi) is 11.1. The van der Waals surface area contributed by atoms with Crippen LogP contribution in [0.2, 0.25) is 0 Å². The molecule has 14 heteroatoms. The molecule has 2 aliphatic heterocycles. The number of hydrogen-bond donors (Lipinski definition) is 2. The molecule has 2 saturated heterocycles. The van der Waals surface area contributed by atoms with E-state index in [0.717, 1.165) is 43.3 Å². The Morgan fingerprint density at radius 3 is 2.30 bits per heavy atom. The molecule has 1 amide bonds. The van der Waals surface area contributed by atoms with Crippen LogP contribution in [0.4, 0.5) is 17.6 Å². The van der Waals surface area contributed by atoms with Gasteiger partial charge in [-0.15, -0.1) is 0 Å². The molecular formula is C33H37F4N5O4S. The fourth-order valence-electron chi connectivity index (χ4n) is 6.47. The quantitative estimate of drug-likeness (QED) is 0.284. The van der Waals surface area contributed by atoms with Crippen LogP contribution >= 0.6 is 0 Å². The predicted octanol–water partition coefficient (Wildman–Crippen LogP) is 3.63. The average molecular weight is 676 g/mol. The molecule has 2 N–H and O–H groups in total. The summed E-state index contributed by atoms with van der Waals surface area (Å²) in [7, 11) is -3.70. The van der Waals surface area contributed by atoms with Gasteiger partial charge in [-0.05, 0) is 72.2 Å². The number of carbonyl (C=O) groups is 2. The van der Waals surface area contributed by atoms with Crippen LogP contribution in [0.25, 0.3) is 0 Å². The summed E-state index contributed by atoms with van der Waals surface area (Å²) in [6.45, 7) is 3.24. The Hall–Kier alpha value is -3.72. The van der Waals surface area contributed by atoms with E-state index in [1.807, 2.05) is 0 Å². The third-order valence-corrected chi connectivity index (χ3v) is 10.8. The molecule has 3 aromatic rings. The van der Waals surface area contributed by atoms with E-state index < -0.39 is 69.6 Å². The van der Waals surface area contributed by atoms with Gasteiger partial charge >= 0.3 is 0 Å². The van der Waals surface area contributed by atoms with E-state index in [1.54, 1.807) is 0 Å². The number of benzene rings is 2. The molecule has 0 radical (unpaired) electrons. The molecule has 3 heterocycles. The fraction of sp³-hybridized carbons (Fsp3) is 0.424. The first kappa shape index (κ1) is 34.6. The molecule has 0 aliphatic carbocycles. The molecule has 1 aromatic heterocycles. The largest absolute Gasteiger partial charge is 0.346 e. The van der Waals surface area contributed by atoms with Crippen molar-refractivity contribution in [2.24, 2.45) is 0 Å². The van der Waals surface area contributed by atoms with Gasteiger partial charge in [-0.3, -0.25) is 14.6 Å². The zero-order valence-corrected chi connectivity index (χ0v) is 26.7. The van der Waals surface area contributed by atoms with Crippen molar-refractivity contribution in [2.75, 3.05) is 32.7 Å². The number of aromatic nitrogens is 1. The minimum absolute atomic E-state index is 0.0305. The first-order valence-electron chi connectivity index (χ1n) is 15.5. The van der Waals surface area contributed by atoms with Gasteiger partial charge in [-0.2, -0.15) is 17.0 Å². The Morgan fingerprint density at radius 1 is 0.957 bits per heavy atom. The maximum atomic E-state index is 15.3. The molecule has 0 saturated carbocycles. The van der Waals surface area contributed by atoms with Crippen molar-refractivity contribution < 1.29 is 35.6 Å². The molecule has 2 aromatic carbocycles. The topological polar surface area (TPSA) is 112 Å². The lowest BCUT2D eigenvalue weighted by Gasteiger charge is -2.37. The van der Waals surface area contributed by atoms with Gasteiger partial charge < -0.3 is 10.6 Å². The van der Waals surface area contributed by atoms with E-state index in [-0.39, 0.29) is 36.1 Å². The molecule has 0 spiro atoms. The van der Waals surface area contributed by atoms with Crippen molar-refractivity contribution in [1.82, 2.24) is 24.2 Å². The summed E-state index contributed by atoms with van der Waals surface area (Å²) in [5, 5.41) is 5.80. The Balaban J connectivity index is 1.43. The van der Waals surface area contributed by atoms with Crippen LogP contribution in [-0.4, -0.2) is 78.5 Å². The summed E-state index contributed by atoms with van der Waals surface area (Å²) >= 11 is 0. The number of nitrogens with one attached hydrogen (secondary N) is 2. The van der Waals surface area contributed by atoms with Crippen molar-refractivity contribution in [3.63, 3.8) is 0 Å². The minimum Gasteiger partial charge on any atom is -0.346 e. The van der Waals surface area contributed by atoms with E-state index in [1.165, 1.54) is 33.9 Å². The highest BCUT2D eigenvalue weighted by molar-refractivity contribution is 7.86. The van der Waals surface area contributed by atoms with E-state index >= 15 is 4.39 Å². The van der Waals surface area contributed by atoms with E-state index in [2.05, 4.69) is 15.6 Å². The van der Waals surface area contributed by atoms with E-state index in [0.29, 0.717) is 37.8 Å². The molecule has 0 bridgehead atoms. The maximum absolute atomic E-state index is 15.3. The number of amides is 1. The number of piperazine rings is 1. The third kappa shape index (κ3) is 8.23. The molecule has 5 rings (SSSR count). The van der Waals surface area contributed by atoms with Crippen LogP contribution in [0.3, 0.4) is 0 Å². The van der Waals surface area contributed by atoms with Crippen LogP contribution in [0.15, 0.2) is 54.9 Å². The number of ketones is 1. The average Bonchev–Trinajstić information content (AvgIpc) is 3.57. The molecule has 0 unspecified atom stereocenters. The highest BCUT2D eigenvalue weighted by Crippen LogP contribution is 2.32. The second kappa shape index (κ2) is 15.0. The fourth-order valence-corrected chi connectivity index (χ4v) is 8.37. The molecule has 252 valence electrons. The summed E-state index contributed by atoms with van der Waals surface area (Å²) in [6.07, 6.45) is 3.90. The summed E-state index contributed by atoms with van der Waals surface area (Å²) < 4.78 is 87.7. The van der Waals surface area contributed by atoms with Crippen molar-refractivity contribution in [3.05, 3.63) is 100 Å². The monoisotopic (exact) mass is 675 g/mol. The van der Waals surface area contributed by atoms with Crippen molar-refractivity contribution in [3.8, 4) is 0 Å². The number of halogens is 4. The first-order chi connectivity index (χ1) is 22.4. The molecule has 3 atom stereocenters. The zero-order valence-electron chi connectivity index (χ0n) is 25.9. The lowest BCUT2D eigenvalue weighted by atomic mass is 9.81. The Labute approximate surface area is 271 Å². The van der Waals surface area contributed by atoms with Gasteiger partial charge in [0.05, 0.1) is 12.2 Å².